The van der Waals surface area contributed by atoms with Crippen molar-refractivity contribution in [3.63, 3.8) is 0 Å². The zero-order valence-corrected chi connectivity index (χ0v) is 11.3. The van der Waals surface area contributed by atoms with Crippen LogP contribution < -0.4 is 11.1 Å². The van der Waals surface area contributed by atoms with E-state index >= 15 is 0 Å². The average Bonchev–Trinajstić information content (AvgIpc) is 2.54. The van der Waals surface area contributed by atoms with Crippen molar-refractivity contribution < 1.29 is 0 Å². The molecular weight excluding hydrogens is 280 g/mol. The molecule has 0 aliphatic rings. The maximum Gasteiger partial charge on any atom is 0.274 e. The van der Waals surface area contributed by atoms with E-state index in [4.69, 9.17) is 0 Å². The zero-order chi connectivity index (χ0) is 15.1. The van der Waals surface area contributed by atoms with Crippen LogP contribution in [0.2, 0.25) is 0 Å². The van der Waals surface area contributed by atoms with Crippen LogP contribution >= 0.6 is 0 Å². The predicted octanol–water partition coefficient (Wildman–Crippen LogP) is 1.42. The summed E-state index contributed by atoms with van der Waals surface area (Å²) in [4.78, 5) is 34.5. The first-order valence-electron chi connectivity index (χ1n) is 6.60. The fourth-order valence-corrected chi connectivity index (χ4v) is 2.42. The molecule has 2 aromatic carbocycles. The van der Waals surface area contributed by atoms with Crippen molar-refractivity contribution in [1.29, 1.82) is 0 Å². The molecule has 6 nitrogen and oxygen atoms in total. The Morgan fingerprint density at radius 3 is 2.82 bits per heavy atom. The van der Waals surface area contributed by atoms with Gasteiger partial charge in [0.2, 0.25) is 0 Å². The molecule has 2 heterocycles. The minimum atomic E-state index is -0.289. The third-order valence-electron chi connectivity index (χ3n) is 3.39. The van der Waals surface area contributed by atoms with Gasteiger partial charge < -0.3 is 4.98 Å². The van der Waals surface area contributed by atoms with Gasteiger partial charge in [0.25, 0.3) is 11.1 Å². The van der Waals surface area contributed by atoms with Crippen molar-refractivity contribution in [2.75, 3.05) is 0 Å². The molecule has 0 amide bonds. The highest BCUT2D eigenvalue weighted by molar-refractivity contribution is 5.79. The van der Waals surface area contributed by atoms with Gasteiger partial charge in [-0.3, -0.25) is 14.2 Å². The van der Waals surface area contributed by atoms with Crippen molar-refractivity contribution in [2.45, 2.75) is 0 Å². The maximum absolute atomic E-state index is 12.2. The van der Waals surface area contributed by atoms with E-state index in [1.54, 1.807) is 24.3 Å². The van der Waals surface area contributed by atoms with Gasteiger partial charge in [-0.25, -0.2) is 9.97 Å². The number of nitrogens with one attached hydrogen (secondary N) is 1. The van der Waals surface area contributed by atoms with Crippen molar-refractivity contribution >= 4 is 22.1 Å². The SMILES string of the molecule is O=c1cnc2ccc(-n3c(=O)cnc4ccc[c]c43)cc2[nH]1. The van der Waals surface area contributed by atoms with E-state index in [-0.39, 0.29) is 11.1 Å². The molecule has 22 heavy (non-hydrogen) atoms. The number of rotatable bonds is 1. The minimum Gasteiger partial charge on any atom is -0.319 e. The minimum absolute atomic E-state index is 0.263. The molecule has 0 saturated heterocycles. The zero-order valence-electron chi connectivity index (χ0n) is 11.3. The molecule has 0 fully saturated rings. The molecule has 105 valence electrons. The molecule has 0 aliphatic carbocycles. The van der Waals surface area contributed by atoms with Crippen LogP contribution in [-0.2, 0) is 0 Å². The van der Waals surface area contributed by atoms with Crippen LogP contribution in [0.1, 0.15) is 0 Å². The van der Waals surface area contributed by atoms with Crippen LogP contribution in [0.4, 0.5) is 0 Å². The first-order chi connectivity index (χ1) is 10.7. The number of hydrogen-bond donors (Lipinski definition) is 1. The van der Waals surface area contributed by atoms with E-state index in [1.807, 2.05) is 12.1 Å². The summed E-state index contributed by atoms with van der Waals surface area (Å²) < 4.78 is 1.51. The van der Waals surface area contributed by atoms with Crippen LogP contribution in [0.15, 0.2) is 58.4 Å². The van der Waals surface area contributed by atoms with Gasteiger partial charge in [-0.15, -0.1) is 0 Å². The number of fused-ring (bicyclic) bond motifs is 2. The van der Waals surface area contributed by atoms with Crippen molar-refractivity contribution in [2.24, 2.45) is 0 Å². The Hall–Kier alpha value is -3.28. The van der Waals surface area contributed by atoms with Crippen molar-refractivity contribution in [1.82, 2.24) is 19.5 Å². The number of hydrogen-bond acceptors (Lipinski definition) is 4. The second kappa shape index (κ2) is 4.63. The number of H-pyrrole nitrogens is 1. The molecular formula is C16H9N4O2. The smallest absolute Gasteiger partial charge is 0.274 e. The molecule has 0 unspecified atom stereocenters. The average molecular weight is 289 g/mol. The predicted molar refractivity (Wildman–Crippen MR) is 82.1 cm³/mol. The Morgan fingerprint density at radius 1 is 1.05 bits per heavy atom. The quantitative estimate of drug-likeness (QED) is 0.574. The lowest BCUT2D eigenvalue weighted by Gasteiger charge is -2.09. The molecule has 4 rings (SSSR count). The van der Waals surface area contributed by atoms with Crippen LogP contribution in [0, 0.1) is 6.07 Å². The van der Waals surface area contributed by atoms with E-state index in [1.165, 1.54) is 17.0 Å². The van der Waals surface area contributed by atoms with E-state index in [9.17, 15) is 9.59 Å². The molecule has 1 radical (unpaired) electrons. The van der Waals surface area contributed by atoms with Gasteiger partial charge in [-0.05, 0) is 24.3 Å². The van der Waals surface area contributed by atoms with E-state index < -0.39 is 0 Å². The first kappa shape index (κ1) is 12.5. The Kier molecular flexibility index (Phi) is 2.62. The number of para-hydroxylation sites is 1. The second-order valence-corrected chi connectivity index (χ2v) is 4.78. The summed E-state index contributed by atoms with van der Waals surface area (Å²) in [5.41, 5.74) is 2.54. The molecule has 0 spiro atoms. The van der Waals surface area contributed by atoms with E-state index in [0.29, 0.717) is 27.8 Å². The van der Waals surface area contributed by atoms with Gasteiger partial charge in [0, 0.05) is 6.07 Å². The first-order valence-corrected chi connectivity index (χ1v) is 6.60. The maximum atomic E-state index is 12.2. The lowest BCUT2D eigenvalue weighted by molar-refractivity contribution is 1.02. The number of aromatic amines is 1. The lowest BCUT2D eigenvalue weighted by atomic mass is 10.2. The van der Waals surface area contributed by atoms with Gasteiger partial charge in [0.15, 0.2) is 0 Å². The molecule has 6 heteroatoms. The van der Waals surface area contributed by atoms with Crippen LogP contribution in [0.5, 0.6) is 0 Å². The summed E-state index contributed by atoms with van der Waals surface area (Å²) in [7, 11) is 0. The topological polar surface area (TPSA) is 80.6 Å². The standard InChI is InChI=1S/C16H9N4O2/c21-15-8-17-11-6-5-10(7-13(11)19-15)20-14-4-2-1-3-12(14)18-9-16(20)22/h1-3,5-9H,(H,19,21). The highest BCUT2D eigenvalue weighted by atomic mass is 16.1. The molecule has 0 saturated carbocycles. The van der Waals surface area contributed by atoms with Gasteiger partial charge in [-0.1, -0.05) is 12.1 Å². The monoisotopic (exact) mass is 289 g/mol. The molecule has 0 atom stereocenters. The van der Waals surface area contributed by atoms with Gasteiger partial charge >= 0.3 is 0 Å². The van der Waals surface area contributed by atoms with Crippen LogP contribution in [0.3, 0.4) is 0 Å². The van der Waals surface area contributed by atoms with Crippen LogP contribution in [-0.4, -0.2) is 19.5 Å². The van der Waals surface area contributed by atoms with Gasteiger partial charge in [-0.2, -0.15) is 0 Å². The molecule has 0 aliphatic heterocycles. The third kappa shape index (κ3) is 1.89. The highest BCUT2D eigenvalue weighted by Gasteiger charge is 2.07. The van der Waals surface area contributed by atoms with Gasteiger partial charge in [0.05, 0.1) is 40.1 Å². The summed E-state index contributed by atoms with van der Waals surface area (Å²) in [6.07, 6.45) is 2.50. The summed E-state index contributed by atoms with van der Waals surface area (Å²) in [5, 5.41) is 0. The molecule has 2 aromatic heterocycles. The Morgan fingerprint density at radius 2 is 1.91 bits per heavy atom. The summed E-state index contributed by atoms with van der Waals surface area (Å²) in [6, 6.07) is 13.6. The van der Waals surface area contributed by atoms with Gasteiger partial charge in [0.1, 0.15) is 0 Å². The largest absolute Gasteiger partial charge is 0.319 e. The molecule has 4 aromatic rings. The van der Waals surface area contributed by atoms with E-state index in [0.717, 1.165) is 0 Å². The third-order valence-corrected chi connectivity index (χ3v) is 3.39. The number of aromatic nitrogens is 4. The summed E-state index contributed by atoms with van der Waals surface area (Å²) >= 11 is 0. The molecule has 1 N–H and O–H groups in total. The summed E-state index contributed by atoms with van der Waals surface area (Å²) in [6.45, 7) is 0. The van der Waals surface area contributed by atoms with Crippen molar-refractivity contribution in [3.8, 4) is 5.69 Å². The van der Waals surface area contributed by atoms with E-state index in [2.05, 4.69) is 21.0 Å². The number of nitrogens with zero attached hydrogens (tertiary/aromatic N) is 3. The Bertz CT molecular complexity index is 1130. The molecule has 0 bridgehead atoms. The fourth-order valence-electron chi connectivity index (χ4n) is 2.42. The van der Waals surface area contributed by atoms with Crippen LogP contribution in [0.25, 0.3) is 27.8 Å². The second-order valence-electron chi connectivity index (χ2n) is 4.78. The Labute approximate surface area is 123 Å². The number of benzene rings is 2. The normalized spacial score (nSPS) is 11.1. The lowest BCUT2D eigenvalue weighted by Crippen LogP contribution is -2.18. The van der Waals surface area contributed by atoms with Crippen molar-refractivity contribution in [3.05, 3.63) is 75.6 Å². The Balaban J connectivity index is 2.09. The fraction of sp³-hybridized carbons (Fsp3) is 0. The summed E-state index contributed by atoms with van der Waals surface area (Å²) in [5.74, 6) is 0. The highest BCUT2D eigenvalue weighted by Crippen LogP contribution is 2.17.